The summed E-state index contributed by atoms with van der Waals surface area (Å²) in [5, 5.41) is 3.46. The molecule has 1 saturated heterocycles. The van der Waals surface area contributed by atoms with E-state index in [1.807, 2.05) is 18.2 Å². The standard InChI is InChI=1S/C24H30F6N2O2/c25-23(26,27)19-12-17(13-20(14-19)24(28,29)30)15-34-16-22(31,18-4-2-1-3-5-18)8-9-32-21-6-10-33-11-7-21/h1-2,4,12-14,21,32H,3,5-11,15-16,31H2. The number of allylic oxidation sites excluding steroid dienone is 3. The maximum Gasteiger partial charge on any atom is 0.416 e. The van der Waals surface area contributed by atoms with E-state index in [0.717, 1.165) is 31.3 Å². The van der Waals surface area contributed by atoms with Gasteiger partial charge < -0.3 is 20.5 Å². The van der Waals surface area contributed by atoms with Crippen molar-refractivity contribution in [2.24, 2.45) is 5.73 Å². The lowest BCUT2D eigenvalue weighted by molar-refractivity contribution is -0.143. The molecule has 1 aliphatic carbocycles. The van der Waals surface area contributed by atoms with Crippen molar-refractivity contribution in [2.75, 3.05) is 26.4 Å². The van der Waals surface area contributed by atoms with Crippen LogP contribution in [0, 0.1) is 0 Å². The van der Waals surface area contributed by atoms with E-state index in [1.165, 1.54) is 0 Å². The quantitative estimate of drug-likeness (QED) is 0.455. The van der Waals surface area contributed by atoms with E-state index in [9.17, 15) is 26.3 Å². The number of rotatable bonds is 9. The zero-order valence-corrected chi connectivity index (χ0v) is 18.8. The topological polar surface area (TPSA) is 56.5 Å². The van der Waals surface area contributed by atoms with E-state index in [4.69, 9.17) is 15.2 Å². The Kier molecular flexibility index (Phi) is 8.83. The zero-order chi connectivity index (χ0) is 24.8. The lowest BCUT2D eigenvalue weighted by Crippen LogP contribution is -2.49. The molecule has 1 aliphatic heterocycles. The van der Waals surface area contributed by atoms with E-state index in [1.54, 1.807) is 0 Å². The SMILES string of the molecule is NC(CCNC1CCOCC1)(COCc1cc(C(F)(F)F)cc(C(F)(F)F)c1)C1=CC=CCC1. The molecule has 1 aromatic carbocycles. The van der Waals surface area contributed by atoms with Crippen molar-refractivity contribution in [1.29, 1.82) is 0 Å². The summed E-state index contributed by atoms with van der Waals surface area (Å²) in [5.41, 5.74) is 3.83. The number of benzene rings is 1. The number of hydrogen-bond acceptors (Lipinski definition) is 4. The molecule has 2 aliphatic rings. The second-order valence-corrected chi connectivity index (χ2v) is 8.81. The lowest BCUT2D eigenvalue weighted by Gasteiger charge is -2.34. The first-order valence-electron chi connectivity index (χ1n) is 11.3. The molecule has 0 aromatic heterocycles. The summed E-state index contributed by atoms with van der Waals surface area (Å²) in [6, 6.07) is 1.80. The molecule has 0 amide bonds. The van der Waals surface area contributed by atoms with Gasteiger partial charge in [0.05, 0.1) is 29.9 Å². The Labute approximate surface area is 195 Å². The van der Waals surface area contributed by atoms with Crippen LogP contribution in [0.1, 0.15) is 48.8 Å². The van der Waals surface area contributed by atoms with Crippen molar-refractivity contribution in [3.05, 3.63) is 58.7 Å². The van der Waals surface area contributed by atoms with Gasteiger partial charge in [0.1, 0.15) is 0 Å². The molecule has 1 fully saturated rings. The Morgan fingerprint density at radius 3 is 2.21 bits per heavy atom. The Hall–Kier alpha value is -1.88. The Bertz CT molecular complexity index is 843. The number of halogens is 6. The highest BCUT2D eigenvalue weighted by molar-refractivity contribution is 5.33. The minimum Gasteiger partial charge on any atom is -0.381 e. The minimum atomic E-state index is -4.90. The summed E-state index contributed by atoms with van der Waals surface area (Å²) in [6.07, 6.45) is -0.149. The maximum absolute atomic E-state index is 13.1. The molecular weight excluding hydrogens is 462 g/mol. The van der Waals surface area contributed by atoms with Crippen molar-refractivity contribution in [1.82, 2.24) is 5.32 Å². The fourth-order valence-electron chi connectivity index (χ4n) is 4.20. The molecule has 3 N–H and O–H groups in total. The zero-order valence-electron chi connectivity index (χ0n) is 18.8. The predicted octanol–water partition coefficient (Wildman–Crippen LogP) is 5.37. The third-order valence-electron chi connectivity index (χ3n) is 6.15. The van der Waals surface area contributed by atoms with E-state index in [2.05, 4.69) is 5.32 Å². The molecule has 1 heterocycles. The number of alkyl halides is 6. The molecule has 0 bridgehead atoms. The molecular formula is C24H30F6N2O2. The number of nitrogens with two attached hydrogens (primary N) is 1. The summed E-state index contributed by atoms with van der Waals surface area (Å²) >= 11 is 0. The summed E-state index contributed by atoms with van der Waals surface area (Å²) in [5.74, 6) is 0. The maximum atomic E-state index is 13.1. The fraction of sp³-hybridized carbons (Fsp3) is 0.583. The summed E-state index contributed by atoms with van der Waals surface area (Å²) in [7, 11) is 0. The molecule has 0 saturated carbocycles. The third-order valence-corrected chi connectivity index (χ3v) is 6.15. The molecule has 10 heteroatoms. The summed E-state index contributed by atoms with van der Waals surface area (Å²) in [4.78, 5) is 0. The fourth-order valence-corrected chi connectivity index (χ4v) is 4.20. The number of ether oxygens (including phenoxy) is 2. The van der Waals surface area contributed by atoms with Gasteiger partial charge in [0, 0.05) is 19.3 Å². The van der Waals surface area contributed by atoms with E-state index < -0.39 is 35.6 Å². The van der Waals surface area contributed by atoms with Crippen LogP contribution in [-0.2, 0) is 28.4 Å². The van der Waals surface area contributed by atoms with Crippen LogP contribution in [0.3, 0.4) is 0 Å². The van der Waals surface area contributed by atoms with Crippen LogP contribution in [0.2, 0.25) is 0 Å². The highest BCUT2D eigenvalue weighted by Gasteiger charge is 2.37. The van der Waals surface area contributed by atoms with Gasteiger partial charge in [-0.15, -0.1) is 0 Å². The van der Waals surface area contributed by atoms with Crippen LogP contribution in [0.15, 0.2) is 42.0 Å². The highest BCUT2D eigenvalue weighted by atomic mass is 19.4. The third kappa shape index (κ3) is 7.56. The Balaban J connectivity index is 1.68. The normalized spacial score (nSPS) is 19.7. The van der Waals surface area contributed by atoms with Gasteiger partial charge in [-0.1, -0.05) is 18.2 Å². The number of nitrogens with one attached hydrogen (secondary N) is 1. The molecule has 4 nitrogen and oxygen atoms in total. The van der Waals surface area contributed by atoms with Gasteiger partial charge in [-0.25, -0.2) is 0 Å². The molecule has 1 atom stereocenters. The van der Waals surface area contributed by atoms with Gasteiger partial charge in [-0.2, -0.15) is 26.3 Å². The molecule has 0 radical (unpaired) electrons. The van der Waals surface area contributed by atoms with Gasteiger partial charge in [-0.05, 0) is 68.0 Å². The van der Waals surface area contributed by atoms with Gasteiger partial charge in [-0.3, -0.25) is 0 Å². The molecule has 3 rings (SSSR count). The molecule has 0 spiro atoms. The Morgan fingerprint density at radius 1 is 1.00 bits per heavy atom. The first kappa shape index (κ1) is 26.7. The van der Waals surface area contributed by atoms with Gasteiger partial charge in [0.15, 0.2) is 0 Å². The largest absolute Gasteiger partial charge is 0.416 e. The lowest BCUT2D eigenvalue weighted by atomic mass is 9.83. The van der Waals surface area contributed by atoms with E-state index in [0.29, 0.717) is 44.4 Å². The van der Waals surface area contributed by atoms with E-state index in [-0.39, 0.29) is 18.2 Å². The first-order chi connectivity index (χ1) is 16.0. The predicted molar refractivity (Wildman–Crippen MR) is 116 cm³/mol. The van der Waals surface area contributed by atoms with Crippen molar-refractivity contribution >= 4 is 0 Å². The number of hydrogen-bond donors (Lipinski definition) is 2. The van der Waals surface area contributed by atoms with Gasteiger partial charge in [0.25, 0.3) is 0 Å². The van der Waals surface area contributed by atoms with E-state index >= 15 is 0 Å². The van der Waals surface area contributed by atoms with Gasteiger partial charge in [0.2, 0.25) is 0 Å². The highest BCUT2D eigenvalue weighted by Crippen LogP contribution is 2.36. The second-order valence-electron chi connectivity index (χ2n) is 8.81. The molecule has 34 heavy (non-hydrogen) atoms. The van der Waals surface area contributed by atoms with Crippen molar-refractivity contribution in [2.45, 2.75) is 62.6 Å². The van der Waals surface area contributed by atoms with Crippen molar-refractivity contribution in [3.8, 4) is 0 Å². The summed E-state index contributed by atoms with van der Waals surface area (Å²) < 4.78 is 89.8. The van der Waals surface area contributed by atoms with Crippen LogP contribution in [0.4, 0.5) is 26.3 Å². The molecule has 1 unspecified atom stereocenters. The van der Waals surface area contributed by atoms with Crippen LogP contribution in [0.25, 0.3) is 0 Å². The van der Waals surface area contributed by atoms with Crippen LogP contribution in [0.5, 0.6) is 0 Å². The average molecular weight is 493 g/mol. The van der Waals surface area contributed by atoms with Crippen molar-refractivity contribution in [3.63, 3.8) is 0 Å². The van der Waals surface area contributed by atoms with Crippen LogP contribution < -0.4 is 11.1 Å². The monoisotopic (exact) mass is 492 g/mol. The minimum absolute atomic E-state index is 0.0280. The van der Waals surface area contributed by atoms with Gasteiger partial charge >= 0.3 is 12.4 Å². The second kappa shape index (κ2) is 11.2. The van der Waals surface area contributed by atoms with Crippen LogP contribution >= 0.6 is 0 Å². The molecule has 1 aromatic rings. The van der Waals surface area contributed by atoms with Crippen LogP contribution in [-0.4, -0.2) is 37.9 Å². The smallest absolute Gasteiger partial charge is 0.381 e. The average Bonchev–Trinajstić information content (AvgIpc) is 2.79. The Morgan fingerprint density at radius 2 is 1.65 bits per heavy atom. The first-order valence-corrected chi connectivity index (χ1v) is 11.3. The van der Waals surface area contributed by atoms with Crippen molar-refractivity contribution < 1.29 is 35.8 Å². The summed E-state index contributed by atoms with van der Waals surface area (Å²) in [6.45, 7) is 1.55. The molecule has 190 valence electrons.